The first kappa shape index (κ1) is 19.8. The molecule has 0 aromatic rings. The van der Waals surface area contributed by atoms with Gasteiger partial charge in [0.15, 0.2) is 0 Å². The molecule has 0 aromatic carbocycles. The zero-order chi connectivity index (χ0) is 14.0. The molecule has 1 saturated carbocycles. The van der Waals surface area contributed by atoms with Gasteiger partial charge < -0.3 is 10.6 Å². The highest BCUT2D eigenvalue weighted by molar-refractivity contribution is 5.85. The largest absolute Gasteiger partial charge is 0.353 e. The van der Waals surface area contributed by atoms with Crippen LogP contribution >= 0.6 is 24.8 Å². The monoisotopic (exact) mass is 349 g/mol. The lowest BCUT2D eigenvalue weighted by atomic mass is 9.91. The minimum Gasteiger partial charge on any atom is -0.353 e. The van der Waals surface area contributed by atoms with E-state index in [-0.39, 0.29) is 24.8 Å². The van der Waals surface area contributed by atoms with Gasteiger partial charge in [-0.15, -0.1) is 31.4 Å². The molecule has 2 aliphatic heterocycles. The Morgan fingerprint density at radius 1 is 1.27 bits per heavy atom. The maximum Gasteiger partial charge on any atom is 0.223 e. The molecule has 1 aliphatic carbocycles. The number of hydrogen-bond donors (Lipinski definition) is 2. The van der Waals surface area contributed by atoms with Crippen LogP contribution in [0.25, 0.3) is 0 Å². The predicted molar refractivity (Wildman–Crippen MR) is 94.9 cm³/mol. The number of nitrogens with zero attached hydrogens (tertiary/aromatic N) is 1. The average Bonchev–Trinajstić information content (AvgIpc) is 3.16. The maximum atomic E-state index is 12.4. The smallest absolute Gasteiger partial charge is 0.223 e. The lowest BCUT2D eigenvalue weighted by Gasteiger charge is -2.32. The van der Waals surface area contributed by atoms with Gasteiger partial charge in [0.05, 0.1) is 0 Å². The number of likely N-dealkylation sites (tertiary alicyclic amines) is 1. The van der Waals surface area contributed by atoms with E-state index in [4.69, 9.17) is 0 Å². The Morgan fingerprint density at radius 3 is 2.50 bits per heavy atom. The molecule has 1 atom stereocenters. The molecular formula is C16H29Cl2N3O. The van der Waals surface area contributed by atoms with Gasteiger partial charge in [-0.2, -0.15) is 0 Å². The standard InChI is InChI=1S/C16H27N3O.2ClH/c1-2-9-19-10-3-13(4-11-19)18-15(20)14-12-16(14)5-7-17-8-6-16;;/h2,13-14,17H,1,3-12H2,(H,18,20);2*1H. The Morgan fingerprint density at radius 2 is 1.91 bits per heavy atom. The van der Waals surface area contributed by atoms with E-state index < -0.39 is 0 Å². The Hall–Kier alpha value is -0.290. The fourth-order valence-corrected chi connectivity index (χ4v) is 3.94. The Balaban J connectivity index is 0.00000121. The van der Waals surface area contributed by atoms with Crippen molar-refractivity contribution in [2.75, 3.05) is 32.7 Å². The number of amides is 1. The second-order valence-electron chi connectivity index (χ2n) is 6.74. The van der Waals surface area contributed by atoms with Gasteiger partial charge in [0, 0.05) is 31.6 Å². The van der Waals surface area contributed by atoms with Crippen molar-refractivity contribution in [1.82, 2.24) is 15.5 Å². The topological polar surface area (TPSA) is 44.4 Å². The van der Waals surface area contributed by atoms with Crippen molar-refractivity contribution in [3.63, 3.8) is 0 Å². The van der Waals surface area contributed by atoms with Crippen molar-refractivity contribution in [3.05, 3.63) is 12.7 Å². The van der Waals surface area contributed by atoms with Crippen molar-refractivity contribution >= 4 is 30.7 Å². The fourth-order valence-electron chi connectivity index (χ4n) is 3.94. The summed E-state index contributed by atoms with van der Waals surface area (Å²) in [4.78, 5) is 14.8. The van der Waals surface area contributed by atoms with Crippen molar-refractivity contribution in [2.45, 2.75) is 38.1 Å². The average molecular weight is 350 g/mol. The van der Waals surface area contributed by atoms with Gasteiger partial charge in [-0.1, -0.05) is 6.08 Å². The number of nitrogens with one attached hydrogen (secondary N) is 2. The summed E-state index contributed by atoms with van der Waals surface area (Å²) in [6.07, 6.45) is 7.62. The van der Waals surface area contributed by atoms with E-state index in [2.05, 4.69) is 22.1 Å². The SMILES string of the molecule is C=CCN1CCC(NC(=O)C2CC23CCNCC3)CC1.Cl.Cl. The van der Waals surface area contributed by atoms with Gasteiger partial charge in [-0.05, 0) is 50.6 Å². The fraction of sp³-hybridized carbons (Fsp3) is 0.812. The zero-order valence-corrected chi connectivity index (χ0v) is 14.8. The summed E-state index contributed by atoms with van der Waals surface area (Å²) in [5, 5.41) is 6.70. The van der Waals surface area contributed by atoms with Crippen molar-refractivity contribution in [3.8, 4) is 0 Å². The van der Waals surface area contributed by atoms with Gasteiger partial charge in [0.1, 0.15) is 0 Å². The summed E-state index contributed by atoms with van der Waals surface area (Å²) >= 11 is 0. The number of carbonyl (C=O) groups excluding carboxylic acids is 1. The molecule has 2 N–H and O–H groups in total. The molecule has 1 amide bonds. The van der Waals surface area contributed by atoms with E-state index in [9.17, 15) is 4.79 Å². The van der Waals surface area contributed by atoms with Crippen LogP contribution in [0.5, 0.6) is 0 Å². The molecule has 128 valence electrons. The third kappa shape index (κ3) is 4.38. The van der Waals surface area contributed by atoms with E-state index in [0.29, 0.717) is 23.3 Å². The van der Waals surface area contributed by atoms with E-state index >= 15 is 0 Å². The normalized spacial score (nSPS) is 27.4. The van der Waals surface area contributed by atoms with Crippen molar-refractivity contribution in [2.24, 2.45) is 11.3 Å². The van der Waals surface area contributed by atoms with Gasteiger partial charge in [-0.25, -0.2) is 0 Å². The van der Waals surface area contributed by atoms with E-state index in [0.717, 1.165) is 52.0 Å². The van der Waals surface area contributed by atoms with Gasteiger partial charge in [-0.3, -0.25) is 9.69 Å². The molecule has 6 heteroatoms. The molecule has 3 rings (SSSR count). The molecule has 22 heavy (non-hydrogen) atoms. The van der Waals surface area contributed by atoms with Crippen molar-refractivity contribution < 1.29 is 4.79 Å². The summed E-state index contributed by atoms with van der Waals surface area (Å²) in [6, 6.07) is 0.392. The highest BCUT2D eigenvalue weighted by Crippen LogP contribution is 2.58. The number of piperidine rings is 2. The highest BCUT2D eigenvalue weighted by Gasteiger charge is 2.57. The van der Waals surface area contributed by atoms with E-state index in [1.807, 2.05) is 6.08 Å². The predicted octanol–water partition coefficient (Wildman–Crippen LogP) is 1.99. The summed E-state index contributed by atoms with van der Waals surface area (Å²) < 4.78 is 0. The van der Waals surface area contributed by atoms with Gasteiger partial charge in [0.25, 0.3) is 0 Å². The van der Waals surface area contributed by atoms with Crippen LogP contribution in [0.1, 0.15) is 32.1 Å². The quantitative estimate of drug-likeness (QED) is 0.762. The lowest BCUT2D eigenvalue weighted by molar-refractivity contribution is -0.124. The molecule has 0 bridgehead atoms. The van der Waals surface area contributed by atoms with Crippen LogP contribution in [0.15, 0.2) is 12.7 Å². The second kappa shape index (κ2) is 8.53. The molecule has 4 nitrogen and oxygen atoms in total. The molecule has 3 aliphatic rings. The summed E-state index contributed by atoms with van der Waals surface area (Å²) in [7, 11) is 0. The molecule has 2 saturated heterocycles. The second-order valence-corrected chi connectivity index (χ2v) is 6.74. The Kier molecular flexibility index (Phi) is 7.66. The molecule has 1 spiro atoms. The first-order chi connectivity index (χ1) is 9.73. The van der Waals surface area contributed by atoms with E-state index in [1.54, 1.807) is 0 Å². The number of hydrogen-bond acceptors (Lipinski definition) is 3. The first-order valence-electron chi connectivity index (χ1n) is 8.08. The Labute approximate surface area is 146 Å². The van der Waals surface area contributed by atoms with Gasteiger partial charge in [0.2, 0.25) is 5.91 Å². The summed E-state index contributed by atoms with van der Waals surface area (Å²) in [5.74, 6) is 0.630. The third-order valence-electron chi connectivity index (χ3n) is 5.43. The first-order valence-corrected chi connectivity index (χ1v) is 8.08. The summed E-state index contributed by atoms with van der Waals surface area (Å²) in [5.41, 5.74) is 0.360. The molecular weight excluding hydrogens is 321 g/mol. The Bertz CT molecular complexity index is 378. The minimum atomic E-state index is 0. The molecule has 1 unspecified atom stereocenters. The van der Waals surface area contributed by atoms with Crippen LogP contribution < -0.4 is 10.6 Å². The van der Waals surface area contributed by atoms with Crippen LogP contribution in [-0.2, 0) is 4.79 Å². The molecule has 0 radical (unpaired) electrons. The number of carbonyl (C=O) groups is 1. The van der Waals surface area contributed by atoms with Crippen LogP contribution in [0.3, 0.4) is 0 Å². The molecule has 3 fully saturated rings. The minimum absolute atomic E-state index is 0. The zero-order valence-electron chi connectivity index (χ0n) is 13.2. The van der Waals surface area contributed by atoms with Gasteiger partial charge >= 0.3 is 0 Å². The maximum absolute atomic E-state index is 12.4. The van der Waals surface area contributed by atoms with Crippen LogP contribution in [0.4, 0.5) is 0 Å². The lowest BCUT2D eigenvalue weighted by Crippen LogP contribution is -2.45. The molecule has 2 heterocycles. The van der Waals surface area contributed by atoms with Crippen LogP contribution in [-0.4, -0.2) is 49.6 Å². The molecule has 0 aromatic heterocycles. The summed E-state index contributed by atoms with van der Waals surface area (Å²) in [6.45, 7) is 9.09. The number of halogens is 2. The van der Waals surface area contributed by atoms with Crippen molar-refractivity contribution in [1.29, 1.82) is 0 Å². The highest BCUT2D eigenvalue weighted by atomic mass is 35.5. The number of rotatable bonds is 4. The van der Waals surface area contributed by atoms with Crippen LogP contribution in [0, 0.1) is 11.3 Å². The van der Waals surface area contributed by atoms with Crippen LogP contribution in [0.2, 0.25) is 0 Å². The van der Waals surface area contributed by atoms with E-state index in [1.165, 1.54) is 12.8 Å². The third-order valence-corrected chi connectivity index (χ3v) is 5.43.